The zero-order chi connectivity index (χ0) is 16.3. The summed E-state index contributed by atoms with van der Waals surface area (Å²) in [5.74, 6) is 1.79. The minimum absolute atomic E-state index is 0.0318. The highest BCUT2D eigenvalue weighted by Gasteiger charge is 2.23. The summed E-state index contributed by atoms with van der Waals surface area (Å²) in [5.41, 5.74) is 0. The number of nitrogens with one attached hydrogen (secondary N) is 2. The average Bonchev–Trinajstić information content (AvgIpc) is 2.40. The molecule has 0 unspecified atom stereocenters. The van der Waals surface area contributed by atoms with Crippen LogP contribution in [-0.2, 0) is 9.59 Å². The van der Waals surface area contributed by atoms with Crippen molar-refractivity contribution in [1.29, 1.82) is 0 Å². The Bertz CT molecular complexity index is 311. The van der Waals surface area contributed by atoms with Crippen molar-refractivity contribution >= 4 is 35.3 Å². The summed E-state index contributed by atoms with van der Waals surface area (Å²) in [6.07, 6.45) is 0.672. The van der Waals surface area contributed by atoms with E-state index < -0.39 is 6.10 Å². The quantitative estimate of drug-likeness (QED) is 0.500. The Morgan fingerprint density at radius 1 is 1.05 bits per heavy atom. The molecule has 0 aromatic rings. The third kappa shape index (κ3) is 10.9. The van der Waals surface area contributed by atoms with Gasteiger partial charge in [-0.05, 0) is 24.3 Å². The molecule has 0 aromatic carbocycles. The molecule has 5 nitrogen and oxygen atoms in total. The van der Waals surface area contributed by atoms with E-state index in [1.807, 2.05) is 23.5 Å². The van der Waals surface area contributed by atoms with Gasteiger partial charge in [-0.1, -0.05) is 13.8 Å². The molecule has 0 spiro atoms. The predicted molar refractivity (Wildman–Crippen MR) is 91.6 cm³/mol. The van der Waals surface area contributed by atoms with Gasteiger partial charge in [-0.3, -0.25) is 9.59 Å². The number of amides is 2. The zero-order valence-electron chi connectivity index (χ0n) is 13.3. The molecule has 0 aliphatic carbocycles. The van der Waals surface area contributed by atoms with Crippen molar-refractivity contribution in [2.24, 2.45) is 0 Å². The third-order valence-electron chi connectivity index (χ3n) is 2.78. The molecule has 0 aliphatic heterocycles. The maximum absolute atomic E-state index is 11.4. The standard InChI is InChI=1S/C14H28N2O3S2/c1-5-20-14(21-6-2)13(16-11(4)18)8-7-12(19)9-15-10(3)17/h12-14,19H,5-9H2,1-4H3,(H,15,17)(H,16,18)/t12-,13+/m0/s1. The van der Waals surface area contributed by atoms with E-state index in [0.717, 1.165) is 11.5 Å². The summed E-state index contributed by atoms with van der Waals surface area (Å²) < 4.78 is 0.289. The van der Waals surface area contributed by atoms with Crippen molar-refractivity contribution in [3.8, 4) is 0 Å². The SMILES string of the molecule is CCSC(SCC)[C@@H](CC[C@H](O)CNC(C)=O)NC(C)=O. The van der Waals surface area contributed by atoms with Crippen LogP contribution < -0.4 is 10.6 Å². The van der Waals surface area contributed by atoms with Gasteiger partial charge in [0, 0.05) is 26.4 Å². The van der Waals surface area contributed by atoms with E-state index in [9.17, 15) is 14.7 Å². The van der Waals surface area contributed by atoms with Crippen LogP contribution in [0.15, 0.2) is 0 Å². The Balaban J connectivity index is 4.45. The van der Waals surface area contributed by atoms with Gasteiger partial charge in [0.1, 0.15) is 0 Å². The normalized spacial score (nSPS) is 13.8. The first-order valence-corrected chi connectivity index (χ1v) is 9.43. The lowest BCUT2D eigenvalue weighted by atomic mass is 10.1. The zero-order valence-corrected chi connectivity index (χ0v) is 15.0. The van der Waals surface area contributed by atoms with Gasteiger partial charge < -0.3 is 15.7 Å². The van der Waals surface area contributed by atoms with Gasteiger partial charge in [-0.25, -0.2) is 0 Å². The van der Waals surface area contributed by atoms with Crippen molar-refractivity contribution in [1.82, 2.24) is 10.6 Å². The molecule has 0 bridgehead atoms. The molecule has 0 fully saturated rings. The highest BCUT2D eigenvalue weighted by molar-refractivity contribution is 8.17. The van der Waals surface area contributed by atoms with Gasteiger partial charge in [0.25, 0.3) is 0 Å². The molecule has 2 amide bonds. The number of carbonyl (C=O) groups is 2. The molecule has 0 rings (SSSR count). The van der Waals surface area contributed by atoms with Gasteiger partial charge in [0.05, 0.1) is 10.7 Å². The maximum atomic E-state index is 11.4. The molecule has 7 heteroatoms. The molecule has 124 valence electrons. The number of thioether (sulfide) groups is 2. The summed E-state index contributed by atoms with van der Waals surface area (Å²) >= 11 is 3.64. The summed E-state index contributed by atoms with van der Waals surface area (Å²) in [7, 11) is 0. The first kappa shape index (κ1) is 20.6. The van der Waals surface area contributed by atoms with E-state index in [2.05, 4.69) is 24.5 Å². The Morgan fingerprint density at radius 3 is 2.05 bits per heavy atom. The molecule has 0 aliphatic rings. The Kier molecular flexibility index (Phi) is 11.9. The highest BCUT2D eigenvalue weighted by atomic mass is 32.2. The van der Waals surface area contributed by atoms with Gasteiger partial charge in [-0.15, -0.1) is 23.5 Å². The summed E-state index contributed by atoms with van der Waals surface area (Å²) in [6, 6.07) is 0.0318. The van der Waals surface area contributed by atoms with Crippen LogP contribution in [0.2, 0.25) is 0 Å². The van der Waals surface area contributed by atoms with E-state index in [0.29, 0.717) is 12.8 Å². The number of carbonyl (C=O) groups excluding carboxylic acids is 2. The molecule has 0 saturated carbocycles. The van der Waals surface area contributed by atoms with Crippen LogP contribution in [0.4, 0.5) is 0 Å². The first-order chi connectivity index (χ1) is 9.90. The van der Waals surface area contributed by atoms with Crippen LogP contribution in [0.1, 0.15) is 40.5 Å². The fourth-order valence-electron chi connectivity index (χ4n) is 1.88. The fraction of sp³-hybridized carbons (Fsp3) is 0.857. The van der Waals surface area contributed by atoms with Crippen molar-refractivity contribution < 1.29 is 14.7 Å². The summed E-state index contributed by atoms with van der Waals surface area (Å²) in [5, 5.41) is 15.5. The Hall–Kier alpha value is -0.400. The molecular formula is C14H28N2O3S2. The lowest BCUT2D eigenvalue weighted by Gasteiger charge is -2.27. The van der Waals surface area contributed by atoms with E-state index in [1.165, 1.54) is 13.8 Å². The average molecular weight is 337 g/mol. The minimum Gasteiger partial charge on any atom is -0.391 e. The van der Waals surface area contributed by atoms with Crippen molar-refractivity contribution in [2.75, 3.05) is 18.1 Å². The van der Waals surface area contributed by atoms with Crippen LogP contribution in [-0.4, -0.2) is 51.7 Å². The van der Waals surface area contributed by atoms with E-state index in [4.69, 9.17) is 0 Å². The molecule has 0 radical (unpaired) electrons. The van der Waals surface area contributed by atoms with Crippen LogP contribution in [0.25, 0.3) is 0 Å². The second kappa shape index (κ2) is 12.2. The summed E-state index contributed by atoms with van der Waals surface area (Å²) in [4.78, 5) is 22.2. The fourth-order valence-corrected chi connectivity index (χ4v) is 4.61. The van der Waals surface area contributed by atoms with Crippen LogP contribution in [0.3, 0.4) is 0 Å². The van der Waals surface area contributed by atoms with Crippen LogP contribution in [0, 0.1) is 0 Å². The number of rotatable bonds is 11. The molecule has 0 aromatic heterocycles. The van der Waals surface area contributed by atoms with E-state index in [1.54, 1.807) is 0 Å². The summed E-state index contributed by atoms with van der Waals surface area (Å²) in [6.45, 7) is 7.41. The molecule has 21 heavy (non-hydrogen) atoms. The number of aliphatic hydroxyl groups is 1. The van der Waals surface area contributed by atoms with Crippen molar-refractivity contribution in [3.63, 3.8) is 0 Å². The van der Waals surface area contributed by atoms with E-state index in [-0.39, 0.29) is 29.0 Å². The van der Waals surface area contributed by atoms with Crippen molar-refractivity contribution in [3.05, 3.63) is 0 Å². The second-order valence-corrected chi connectivity index (χ2v) is 7.89. The molecular weight excluding hydrogens is 308 g/mol. The minimum atomic E-state index is -0.580. The largest absolute Gasteiger partial charge is 0.391 e. The Labute approximate surface area is 136 Å². The molecule has 2 atom stereocenters. The second-order valence-electron chi connectivity index (χ2n) is 4.75. The Morgan fingerprint density at radius 2 is 1.62 bits per heavy atom. The lowest BCUT2D eigenvalue weighted by molar-refractivity contribution is -0.120. The lowest BCUT2D eigenvalue weighted by Crippen LogP contribution is -2.41. The maximum Gasteiger partial charge on any atom is 0.217 e. The molecule has 0 saturated heterocycles. The van der Waals surface area contributed by atoms with Crippen molar-refractivity contribution in [2.45, 2.75) is 57.3 Å². The first-order valence-electron chi connectivity index (χ1n) is 7.33. The van der Waals surface area contributed by atoms with Gasteiger partial charge in [-0.2, -0.15) is 0 Å². The monoisotopic (exact) mass is 336 g/mol. The molecule has 0 heterocycles. The van der Waals surface area contributed by atoms with Gasteiger partial charge in [0.2, 0.25) is 11.8 Å². The number of aliphatic hydroxyl groups excluding tert-OH is 1. The topological polar surface area (TPSA) is 78.4 Å². The predicted octanol–water partition coefficient (Wildman–Crippen LogP) is 1.60. The molecule has 3 N–H and O–H groups in total. The van der Waals surface area contributed by atoms with Gasteiger partial charge in [0.15, 0.2) is 0 Å². The number of hydrogen-bond donors (Lipinski definition) is 3. The van der Waals surface area contributed by atoms with Crippen LogP contribution in [0.5, 0.6) is 0 Å². The van der Waals surface area contributed by atoms with Gasteiger partial charge >= 0.3 is 0 Å². The highest BCUT2D eigenvalue weighted by Crippen LogP contribution is 2.29. The van der Waals surface area contributed by atoms with E-state index >= 15 is 0 Å². The number of hydrogen-bond acceptors (Lipinski definition) is 5. The smallest absolute Gasteiger partial charge is 0.217 e. The third-order valence-corrected chi connectivity index (χ3v) is 5.57. The van der Waals surface area contributed by atoms with Crippen LogP contribution >= 0.6 is 23.5 Å².